The molecule has 1 N–H and O–H groups in total. The molecule has 1 fully saturated rings. The first-order valence-electron chi connectivity index (χ1n) is 7.32. The van der Waals surface area contributed by atoms with Gasteiger partial charge in [0.1, 0.15) is 0 Å². The van der Waals surface area contributed by atoms with E-state index in [1.165, 1.54) is 0 Å². The number of benzene rings is 2. The van der Waals surface area contributed by atoms with E-state index in [1.54, 1.807) is 0 Å². The van der Waals surface area contributed by atoms with Crippen LogP contribution in [0.25, 0.3) is 0 Å². The van der Waals surface area contributed by atoms with Crippen LogP contribution in [0, 0.1) is 0 Å². The summed E-state index contributed by atoms with van der Waals surface area (Å²) in [5.41, 5.74) is 1.82. The second-order valence-electron chi connectivity index (χ2n) is 5.12. The normalized spacial score (nSPS) is 22.0. The molecular formula is C16H19ClN3OP. The van der Waals surface area contributed by atoms with Gasteiger partial charge in [-0.1, -0.05) is 36.4 Å². The summed E-state index contributed by atoms with van der Waals surface area (Å²) >= 11 is 5.90. The number of nitrogens with one attached hydrogen (secondary N) is 1. The van der Waals surface area contributed by atoms with Crippen LogP contribution < -0.4 is 14.7 Å². The fraction of sp³-hybridized carbons (Fsp3) is 0.250. The van der Waals surface area contributed by atoms with Crippen LogP contribution in [0.4, 0.5) is 11.4 Å². The van der Waals surface area contributed by atoms with Crippen molar-refractivity contribution in [2.24, 2.45) is 0 Å². The summed E-state index contributed by atoms with van der Waals surface area (Å²) < 4.78 is 3.92. The standard InChI is InChI=1S/C16H19ClN3OP/c17-11-12-19-13-14-20(16-9-5-2-6-10-16)22(19,21)18-15-7-3-1-4-8-15/h1-10H,11-14H2,(H,18,21). The number of anilines is 2. The second-order valence-corrected chi connectivity index (χ2v) is 7.86. The van der Waals surface area contributed by atoms with E-state index in [4.69, 9.17) is 11.6 Å². The number of halogens is 1. The summed E-state index contributed by atoms with van der Waals surface area (Å²) in [6, 6.07) is 19.5. The van der Waals surface area contributed by atoms with Gasteiger partial charge in [0.2, 0.25) is 7.94 Å². The molecule has 2 aromatic rings. The molecule has 0 bridgehead atoms. The molecule has 1 heterocycles. The van der Waals surface area contributed by atoms with E-state index in [1.807, 2.05) is 70.0 Å². The van der Waals surface area contributed by atoms with Gasteiger partial charge < -0.3 is 4.89 Å². The summed E-state index contributed by atoms with van der Waals surface area (Å²) in [4.78, 5) is 13.7. The largest absolute Gasteiger partial charge is 0.627 e. The molecule has 0 aliphatic carbocycles. The lowest BCUT2D eigenvalue weighted by atomic mass is 10.3. The zero-order valence-corrected chi connectivity index (χ0v) is 13.9. The zero-order chi connectivity index (χ0) is 15.4. The Morgan fingerprint density at radius 2 is 1.64 bits per heavy atom. The van der Waals surface area contributed by atoms with Crippen LogP contribution in [0.3, 0.4) is 0 Å². The van der Waals surface area contributed by atoms with Gasteiger partial charge >= 0.3 is 0 Å². The van der Waals surface area contributed by atoms with Crippen molar-refractivity contribution in [3.05, 3.63) is 60.7 Å². The van der Waals surface area contributed by atoms with Crippen molar-refractivity contribution in [2.45, 2.75) is 0 Å². The topological polar surface area (TPSA) is 41.6 Å². The highest BCUT2D eigenvalue weighted by molar-refractivity contribution is 7.70. The Bertz CT molecular complexity index is 601. The maximum absolute atomic E-state index is 13.7. The number of nitrogens with zero attached hydrogens (tertiary/aromatic N) is 2. The summed E-state index contributed by atoms with van der Waals surface area (Å²) in [6.45, 7) is 2.05. The molecule has 3 rings (SSSR count). The highest BCUT2D eigenvalue weighted by atomic mass is 35.5. The highest BCUT2D eigenvalue weighted by Gasteiger charge is 2.47. The van der Waals surface area contributed by atoms with Crippen molar-refractivity contribution < 1.29 is 4.89 Å². The predicted molar refractivity (Wildman–Crippen MR) is 93.1 cm³/mol. The third-order valence-corrected chi connectivity index (χ3v) is 6.70. The minimum absolute atomic E-state index is 0.461. The SMILES string of the molecule is [O-][P+]1(Nc2ccccc2)N(CCCl)CCN1c1ccccc1. The first kappa shape index (κ1) is 15.6. The second kappa shape index (κ2) is 6.84. The number of alkyl halides is 1. The molecule has 0 saturated carbocycles. The third-order valence-electron chi connectivity index (χ3n) is 3.73. The van der Waals surface area contributed by atoms with Crippen LogP contribution in [0.1, 0.15) is 0 Å². The van der Waals surface area contributed by atoms with Gasteiger partial charge in [-0.2, -0.15) is 0 Å². The molecule has 0 radical (unpaired) electrons. The smallest absolute Gasteiger partial charge is 0.231 e. The molecule has 1 aliphatic heterocycles. The van der Waals surface area contributed by atoms with E-state index in [0.717, 1.165) is 24.5 Å². The van der Waals surface area contributed by atoms with Crippen LogP contribution in [0.5, 0.6) is 0 Å². The summed E-state index contributed by atoms with van der Waals surface area (Å²) in [5.74, 6) is 0.461. The van der Waals surface area contributed by atoms with Crippen LogP contribution in [0.15, 0.2) is 60.7 Å². The average molecular weight is 336 g/mol. The monoisotopic (exact) mass is 335 g/mol. The summed E-state index contributed by atoms with van der Waals surface area (Å²) in [7, 11) is -2.92. The van der Waals surface area contributed by atoms with Gasteiger partial charge in [0, 0.05) is 5.88 Å². The minimum atomic E-state index is -2.92. The van der Waals surface area contributed by atoms with Crippen molar-refractivity contribution in [1.82, 2.24) is 4.67 Å². The molecule has 4 nitrogen and oxygen atoms in total. The fourth-order valence-electron chi connectivity index (χ4n) is 2.68. The first-order valence-corrected chi connectivity index (χ1v) is 9.46. The quantitative estimate of drug-likeness (QED) is 0.673. The van der Waals surface area contributed by atoms with Crippen molar-refractivity contribution in [1.29, 1.82) is 0 Å². The molecule has 0 aromatic heterocycles. The molecule has 1 saturated heterocycles. The van der Waals surface area contributed by atoms with Gasteiger partial charge in [0.05, 0.1) is 31.0 Å². The van der Waals surface area contributed by atoms with Crippen molar-refractivity contribution >= 4 is 30.9 Å². The summed E-state index contributed by atoms with van der Waals surface area (Å²) in [6.07, 6.45) is 0. The Labute approximate surface area is 136 Å². The average Bonchev–Trinajstić information content (AvgIpc) is 2.86. The lowest BCUT2D eigenvalue weighted by Crippen LogP contribution is -2.39. The van der Waals surface area contributed by atoms with Gasteiger partial charge in [-0.05, 0) is 24.3 Å². The third kappa shape index (κ3) is 3.06. The lowest BCUT2D eigenvalue weighted by molar-refractivity contribution is -0.178. The number of rotatable bonds is 5. The highest BCUT2D eigenvalue weighted by Crippen LogP contribution is 2.61. The molecule has 1 aliphatic rings. The molecule has 2 aromatic carbocycles. The van der Waals surface area contributed by atoms with Crippen molar-refractivity contribution in [3.8, 4) is 0 Å². The Kier molecular flexibility index (Phi) is 4.84. The van der Waals surface area contributed by atoms with Gasteiger partial charge in [0.25, 0.3) is 0 Å². The van der Waals surface area contributed by atoms with E-state index in [0.29, 0.717) is 12.4 Å². The van der Waals surface area contributed by atoms with E-state index in [9.17, 15) is 4.89 Å². The van der Waals surface area contributed by atoms with E-state index in [-0.39, 0.29) is 0 Å². The van der Waals surface area contributed by atoms with E-state index in [2.05, 4.69) is 5.09 Å². The molecular weight excluding hydrogens is 317 g/mol. The Morgan fingerprint density at radius 3 is 2.27 bits per heavy atom. The van der Waals surface area contributed by atoms with E-state index >= 15 is 0 Å². The Balaban J connectivity index is 1.92. The zero-order valence-electron chi connectivity index (χ0n) is 12.2. The summed E-state index contributed by atoms with van der Waals surface area (Å²) in [5, 5.41) is 3.25. The maximum Gasteiger partial charge on any atom is 0.231 e. The van der Waals surface area contributed by atoms with E-state index < -0.39 is 7.94 Å². The van der Waals surface area contributed by atoms with Crippen molar-refractivity contribution in [2.75, 3.05) is 35.3 Å². The van der Waals surface area contributed by atoms with Gasteiger partial charge in [-0.15, -0.1) is 16.3 Å². The molecule has 22 heavy (non-hydrogen) atoms. The van der Waals surface area contributed by atoms with Crippen LogP contribution >= 0.6 is 19.5 Å². The van der Waals surface area contributed by atoms with Crippen LogP contribution in [-0.4, -0.2) is 30.2 Å². The minimum Gasteiger partial charge on any atom is -0.627 e. The van der Waals surface area contributed by atoms with Gasteiger partial charge in [-0.25, -0.2) is 9.76 Å². The molecule has 116 valence electrons. The fourth-order valence-corrected chi connectivity index (χ4v) is 5.59. The molecule has 6 heteroatoms. The van der Waals surface area contributed by atoms with Crippen LogP contribution in [-0.2, 0) is 0 Å². The van der Waals surface area contributed by atoms with Crippen molar-refractivity contribution in [3.63, 3.8) is 0 Å². The first-order chi connectivity index (χ1) is 10.7. The van der Waals surface area contributed by atoms with Gasteiger partial charge in [-0.3, -0.25) is 0 Å². The van der Waals surface area contributed by atoms with Gasteiger partial charge in [0.15, 0.2) is 0 Å². The maximum atomic E-state index is 13.7. The number of hydrogen-bond donors (Lipinski definition) is 1. The molecule has 1 atom stereocenters. The predicted octanol–water partition coefficient (Wildman–Crippen LogP) is 3.20. The molecule has 0 amide bonds. The number of para-hydroxylation sites is 2. The lowest BCUT2D eigenvalue weighted by Gasteiger charge is -2.39. The molecule has 0 spiro atoms. The van der Waals surface area contributed by atoms with Crippen LogP contribution in [0.2, 0.25) is 0 Å². The Morgan fingerprint density at radius 1 is 1.00 bits per heavy atom. The Hall–Kier alpha value is -1.32. The number of hydrogen-bond acceptors (Lipinski definition) is 4. The molecule has 1 unspecified atom stereocenters.